The average molecular weight is 307 g/mol. The number of thiophene rings is 1. The van der Waals surface area contributed by atoms with Gasteiger partial charge in [0.15, 0.2) is 0 Å². The van der Waals surface area contributed by atoms with Crippen molar-refractivity contribution in [1.29, 1.82) is 0 Å². The first kappa shape index (κ1) is 14.1. The van der Waals surface area contributed by atoms with Gasteiger partial charge in [0.25, 0.3) is 0 Å². The van der Waals surface area contributed by atoms with Crippen LogP contribution in [0.1, 0.15) is 17.3 Å². The van der Waals surface area contributed by atoms with Crippen molar-refractivity contribution in [3.05, 3.63) is 28.0 Å². The van der Waals surface area contributed by atoms with Gasteiger partial charge >= 0.3 is 5.97 Å². The minimum absolute atomic E-state index is 0.155. The van der Waals surface area contributed by atoms with Gasteiger partial charge in [-0.2, -0.15) is 0 Å². The van der Waals surface area contributed by atoms with Crippen molar-refractivity contribution >= 4 is 32.5 Å². The zero-order valence-corrected chi connectivity index (χ0v) is 12.6. The number of aromatic nitrogens is 1. The van der Waals surface area contributed by atoms with Crippen LogP contribution in [0.3, 0.4) is 0 Å². The van der Waals surface area contributed by atoms with E-state index in [2.05, 4.69) is 10.2 Å². The molecule has 2 N–H and O–H groups in total. The fraction of sp³-hybridized carbons (Fsp3) is 0.429. The summed E-state index contributed by atoms with van der Waals surface area (Å²) in [5, 5.41) is 13.5. The number of anilines is 1. The summed E-state index contributed by atoms with van der Waals surface area (Å²) >= 11 is 1.39. The Morgan fingerprint density at radius 3 is 2.76 bits per heavy atom. The van der Waals surface area contributed by atoms with E-state index >= 15 is 0 Å². The predicted molar refractivity (Wildman–Crippen MR) is 83.8 cm³/mol. The molecule has 1 saturated heterocycles. The lowest BCUT2D eigenvalue weighted by Crippen LogP contribution is -2.43. The molecule has 6 nitrogen and oxygen atoms in total. The smallest absolute Gasteiger partial charge is 0.341 e. The summed E-state index contributed by atoms with van der Waals surface area (Å²) in [6.45, 7) is 6.23. The van der Waals surface area contributed by atoms with Crippen molar-refractivity contribution in [2.24, 2.45) is 0 Å². The van der Waals surface area contributed by atoms with Crippen molar-refractivity contribution in [2.45, 2.75) is 13.5 Å². The van der Waals surface area contributed by atoms with E-state index in [1.165, 1.54) is 17.5 Å². The first-order valence-corrected chi connectivity index (χ1v) is 7.79. The molecule has 0 spiro atoms. The maximum Gasteiger partial charge on any atom is 0.341 e. The number of carboxylic acids is 1. The maximum atomic E-state index is 12.3. The fourth-order valence-electron chi connectivity index (χ4n) is 2.61. The van der Waals surface area contributed by atoms with E-state index in [0.717, 1.165) is 36.7 Å². The van der Waals surface area contributed by atoms with Gasteiger partial charge in [-0.25, -0.2) is 4.79 Å². The van der Waals surface area contributed by atoms with Crippen molar-refractivity contribution in [2.75, 3.05) is 31.1 Å². The van der Waals surface area contributed by atoms with Gasteiger partial charge in [-0.15, -0.1) is 11.3 Å². The number of nitrogens with one attached hydrogen (secondary N) is 1. The molecule has 2 aromatic heterocycles. The molecule has 1 aliphatic heterocycles. The number of nitrogens with zero attached hydrogens (tertiary/aromatic N) is 2. The van der Waals surface area contributed by atoms with Crippen LogP contribution in [-0.2, 0) is 6.54 Å². The van der Waals surface area contributed by atoms with E-state index in [9.17, 15) is 14.7 Å². The first-order chi connectivity index (χ1) is 10.1. The van der Waals surface area contributed by atoms with Crippen LogP contribution in [0.25, 0.3) is 10.2 Å². The van der Waals surface area contributed by atoms with E-state index < -0.39 is 5.97 Å². The van der Waals surface area contributed by atoms with E-state index in [-0.39, 0.29) is 11.0 Å². The molecule has 0 aliphatic carbocycles. The first-order valence-electron chi connectivity index (χ1n) is 6.97. The number of hydrogen-bond donors (Lipinski definition) is 2. The SMILES string of the molecule is CCn1cc(C(=O)O)c(=O)c2sc(N3CCNCC3)cc21. The molecule has 112 valence electrons. The van der Waals surface area contributed by atoms with Gasteiger partial charge in [-0.3, -0.25) is 4.79 Å². The number of carbonyl (C=O) groups is 1. The van der Waals surface area contributed by atoms with Crippen LogP contribution in [0, 0.1) is 0 Å². The highest BCUT2D eigenvalue weighted by atomic mass is 32.1. The van der Waals surface area contributed by atoms with Gasteiger partial charge in [0.05, 0.1) is 10.5 Å². The monoisotopic (exact) mass is 307 g/mol. The quantitative estimate of drug-likeness (QED) is 0.891. The number of aromatic carboxylic acids is 1. The molecule has 21 heavy (non-hydrogen) atoms. The summed E-state index contributed by atoms with van der Waals surface area (Å²) in [6, 6.07) is 2.00. The Morgan fingerprint density at radius 2 is 2.14 bits per heavy atom. The van der Waals surface area contributed by atoms with Gasteiger partial charge in [0, 0.05) is 38.9 Å². The molecule has 2 aromatic rings. The Balaban J connectivity index is 2.17. The number of carboxylic acid groups (broad SMARTS) is 1. The summed E-state index contributed by atoms with van der Waals surface area (Å²) in [5.41, 5.74) is 0.290. The van der Waals surface area contributed by atoms with Gasteiger partial charge < -0.3 is 19.9 Å². The average Bonchev–Trinajstić information content (AvgIpc) is 2.94. The van der Waals surface area contributed by atoms with Crippen LogP contribution in [0.5, 0.6) is 0 Å². The second kappa shape index (κ2) is 5.50. The lowest BCUT2D eigenvalue weighted by molar-refractivity contribution is 0.0695. The van der Waals surface area contributed by atoms with E-state index in [4.69, 9.17) is 0 Å². The van der Waals surface area contributed by atoms with Gasteiger partial charge in [0.2, 0.25) is 5.43 Å². The Hall–Kier alpha value is -1.86. The van der Waals surface area contributed by atoms with Crippen molar-refractivity contribution in [3.8, 4) is 0 Å². The molecule has 0 saturated carbocycles. The standard InChI is InChI=1S/C14H17N3O3S/c1-2-16-8-9(14(19)20)12(18)13-10(16)7-11(21-13)17-5-3-15-4-6-17/h7-8,15H,2-6H2,1H3,(H,19,20). The lowest BCUT2D eigenvalue weighted by atomic mass is 10.2. The number of fused-ring (bicyclic) bond motifs is 1. The van der Waals surface area contributed by atoms with Crippen LogP contribution >= 0.6 is 11.3 Å². The van der Waals surface area contributed by atoms with Gasteiger partial charge in [-0.05, 0) is 13.0 Å². The lowest BCUT2D eigenvalue weighted by Gasteiger charge is -2.27. The minimum Gasteiger partial charge on any atom is -0.477 e. The summed E-state index contributed by atoms with van der Waals surface area (Å²) < 4.78 is 2.37. The molecule has 1 aliphatic rings. The van der Waals surface area contributed by atoms with Crippen molar-refractivity contribution in [3.63, 3.8) is 0 Å². The molecule has 0 radical (unpaired) electrons. The van der Waals surface area contributed by atoms with E-state index in [0.29, 0.717) is 11.2 Å². The van der Waals surface area contributed by atoms with Crippen LogP contribution in [0.15, 0.2) is 17.1 Å². The maximum absolute atomic E-state index is 12.3. The zero-order valence-electron chi connectivity index (χ0n) is 11.8. The Bertz CT molecular complexity index is 744. The zero-order chi connectivity index (χ0) is 15.0. The normalized spacial score (nSPS) is 15.6. The molecule has 3 heterocycles. The second-order valence-electron chi connectivity index (χ2n) is 5.00. The molecular weight excluding hydrogens is 290 g/mol. The third kappa shape index (κ3) is 2.43. The summed E-state index contributed by atoms with van der Waals surface area (Å²) in [4.78, 5) is 25.8. The summed E-state index contributed by atoms with van der Waals surface area (Å²) in [7, 11) is 0. The molecule has 0 aromatic carbocycles. The topological polar surface area (TPSA) is 74.6 Å². The molecule has 1 fully saturated rings. The van der Waals surface area contributed by atoms with Crippen LogP contribution in [0.4, 0.5) is 5.00 Å². The third-order valence-corrected chi connectivity index (χ3v) is 4.93. The van der Waals surface area contributed by atoms with Crippen molar-refractivity contribution < 1.29 is 9.90 Å². The molecule has 0 unspecified atom stereocenters. The largest absolute Gasteiger partial charge is 0.477 e. The fourth-order valence-corrected chi connectivity index (χ4v) is 3.78. The number of aryl methyl sites for hydroxylation is 1. The van der Waals surface area contributed by atoms with Crippen LogP contribution in [0.2, 0.25) is 0 Å². The highest BCUT2D eigenvalue weighted by molar-refractivity contribution is 7.22. The molecule has 7 heteroatoms. The Labute approximate surface area is 125 Å². The number of piperazine rings is 1. The second-order valence-corrected chi connectivity index (χ2v) is 6.03. The van der Waals surface area contributed by atoms with Crippen LogP contribution < -0.4 is 15.6 Å². The Morgan fingerprint density at radius 1 is 1.43 bits per heavy atom. The molecule has 0 amide bonds. The number of pyridine rings is 1. The molecule has 0 atom stereocenters. The number of hydrogen-bond acceptors (Lipinski definition) is 5. The van der Waals surface area contributed by atoms with E-state index in [1.807, 2.05) is 17.6 Å². The predicted octanol–water partition coefficient (Wildman–Crippen LogP) is 1.19. The van der Waals surface area contributed by atoms with Crippen molar-refractivity contribution in [1.82, 2.24) is 9.88 Å². The molecular formula is C14H17N3O3S. The summed E-state index contributed by atoms with van der Waals surface area (Å²) in [5.74, 6) is -1.17. The highest BCUT2D eigenvalue weighted by Gasteiger charge is 2.19. The van der Waals surface area contributed by atoms with Gasteiger partial charge in [-0.1, -0.05) is 0 Å². The Kier molecular flexibility index (Phi) is 3.69. The van der Waals surface area contributed by atoms with E-state index in [1.54, 1.807) is 0 Å². The number of rotatable bonds is 3. The minimum atomic E-state index is -1.17. The summed E-state index contributed by atoms with van der Waals surface area (Å²) in [6.07, 6.45) is 1.45. The molecule has 0 bridgehead atoms. The molecule has 3 rings (SSSR count). The van der Waals surface area contributed by atoms with Gasteiger partial charge in [0.1, 0.15) is 10.3 Å². The van der Waals surface area contributed by atoms with Crippen LogP contribution in [-0.4, -0.2) is 41.8 Å². The third-order valence-electron chi connectivity index (χ3n) is 3.74. The highest BCUT2D eigenvalue weighted by Crippen LogP contribution is 2.31.